The molecule has 0 aromatic heterocycles. The molecule has 0 bridgehead atoms. The zero-order chi connectivity index (χ0) is 25.7. The van der Waals surface area contributed by atoms with Gasteiger partial charge in [0.05, 0.1) is 18.1 Å². The minimum atomic E-state index is -2.29. The fourth-order valence-corrected chi connectivity index (χ4v) is 5.13. The number of nitrogens with zero attached hydrogens (tertiary/aromatic N) is 4. The fourth-order valence-electron chi connectivity index (χ4n) is 4.39. The van der Waals surface area contributed by atoms with E-state index in [0.717, 1.165) is 27.6 Å². The van der Waals surface area contributed by atoms with Gasteiger partial charge < -0.3 is 10.0 Å². The summed E-state index contributed by atoms with van der Waals surface area (Å²) in [5.41, 5.74) is 3.27. The molecule has 8 nitrogen and oxygen atoms in total. The molecule has 36 heavy (non-hydrogen) atoms. The van der Waals surface area contributed by atoms with Gasteiger partial charge in [0, 0.05) is 49.0 Å². The molecule has 0 radical (unpaired) electrons. The predicted octanol–water partition coefficient (Wildman–Crippen LogP) is 3.45. The maximum Gasteiger partial charge on any atom is 0.305 e. The Morgan fingerprint density at radius 3 is 2.36 bits per heavy atom. The Balaban J connectivity index is 1.42. The molecule has 0 amide bonds. The van der Waals surface area contributed by atoms with Crippen molar-refractivity contribution in [1.82, 2.24) is 9.42 Å². The summed E-state index contributed by atoms with van der Waals surface area (Å²) in [7, 11) is 0. The molecular formula is C27H26N4O4S. The number of benzene rings is 3. The summed E-state index contributed by atoms with van der Waals surface area (Å²) in [4.78, 5) is 13.2. The van der Waals surface area contributed by atoms with Crippen LogP contribution in [0.1, 0.15) is 30.0 Å². The topological polar surface area (TPSA) is 108 Å². The Kier molecular flexibility index (Phi) is 7.99. The number of piperazine rings is 1. The first-order valence-electron chi connectivity index (χ1n) is 11.5. The number of hydrogen-bond donors (Lipinski definition) is 2. The molecule has 2 N–H and O–H groups in total. The fraction of sp³-hybridized carbons (Fsp3) is 0.259. The molecular weight excluding hydrogens is 476 g/mol. The minimum absolute atomic E-state index is 0.216. The second-order valence-electron chi connectivity index (χ2n) is 8.57. The highest BCUT2D eigenvalue weighted by atomic mass is 32.2. The Bertz CT molecular complexity index is 1380. The molecule has 9 heteroatoms. The van der Waals surface area contributed by atoms with Gasteiger partial charge in [0.15, 0.2) is 0 Å². The molecule has 3 aromatic rings. The highest BCUT2D eigenvalue weighted by molar-refractivity contribution is 7.76. The molecule has 0 saturated carbocycles. The van der Waals surface area contributed by atoms with Crippen LogP contribution < -0.4 is 4.90 Å². The Hall–Kier alpha value is -3.73. The lowest BCUT2D eigenvalue weighted by Gasteiger charge is -2.41. The number of anilines is 1. The molecule has 2 atom stereocenters. The molecule has 3 aromatic carbocycles. The third-order valence-corrected chi connectivity index (χ3v) is 7.02. The second kappa shape index (κ2) is 11.3. The van der Waals surface area contributed by atoms with E-state index >= 15 is 0 Å². The normalized spacial score (nSPS) is 15.7. The van der Waals surface area contributed by atoms with Crippen molar-refractivity contribution in [2.75, 3.05) is 31.1 Å². The summed E-state index contributed by atoms with van der Waals surface area (Å²) in [5, 5.41) is 22.2. The summed E-state index contributed by atoms with van der Waals surface area (Å²) >= 11 is -2.29. The largest absolute Gasteiger partial charge is 0.481 e. The van der Waals surface area contributed by atoms with E-state index in [4.69, 9.17) is 5.11 Å². The Labute approximate surface area is 212 Å². The van der Waals surface area contributed by atoms with Gasteiger partial charge in [-0.25, -0.2) is 9.22 Å². The van der Waals surface area contributed by atoms with Crippen LogP contribution in [0.25, 0.3) is 10.8 Å². The smallest absolute Gasteiger partial charge is 0.305 e. The highest BCUT2D eigenvalue weighted by Crippen LogP contribution is 2.22. The maximum atomic E-state index is 11.8. The van der Waals surface area contributed by atoms with Crippen molar-refractivity contribution < 1.29 is 18.7 Å². The zero-order valence-electron chi connectivity index (χ0n) is 19.8. The monoisotopic (exact) mass is 502 g/mol. The van der Waals surface area contributed by atoms with Crippen molar-refractivity contribution >= 4 is 33.7 Å². The van der Waals surface area contributed by atoms with E-state index < -0.39 is 23.3 Å². The standard InChI is InChI=1S/C27H26N4O4S/c1-20(16-27(32)33)31(36(34)35)30-14-12-29(13-15-30)25-10-8-21(9-11-25)6-7-22-17-23-4-2-3-5-26(23)24(18-22)19-28/h2-5,8-11,17-18,20H,12-16H2,1H3,(H,32,33)(H,34,35). The minimum Gasteiger partial charge on any atom is -0.481 e. The van der Waals surface area contributed by atoms with Gasteiger partial charge in [-0.05, 0) is 54.1 Å². The van der Waals surface area contributed by atoms with E-state index in [1.54, 1.807) is 11.9 Å². The van der Waals surface area contributed by atoms with Gasteiger partial charge in [-0.3, -0.25) is 9.35 Å². The van der Waals surface area contributed by atoms with E-state index in [2.05, 4.69) is 22.8 Å². The van der Waals surface area contributed by atoms with Crippen molar-refractivity contribution in [3.05, 3.63) is 77.4 Å². The molecule has 4 rings (SSSR count). The van der Waals surface area contributed by atoms with E-state index in [1.807, 2.05) is 60.7 Å². The molecule has 1 aliphatic rings. The number of hydrazine groups is 1. The van der Waals surface area contributed by atoms with Gasteiger partial charge in [-0.1, -0.05) is 36.1 Å². The third kappa shape index (κ3) is 5.91. The molecule has 1 fully saturated rings. The van der Waals surface area contributed by atoms with Gasteiger partial charge >= 0.3 is 5.97 Å². The van der Waals surface area contributed by atoms with Crippen molar-refractivity contribution in [1.29, 1.82) is 5.26 Å². The summed E-state index contributed by atoms with van der Waals surface area (Å²) in [6, 6.07) is 21.1. The zero-order valence-corrected chi connectivity index (χ0v) is 20.6. The third-order valence-electron chi connectivity index (χ3n) is 6.11. The van der Waals surface area contributed by atoms with Crippen LogP contribution in [0.4, 0.5) is 5.69 Å². The number of fused-ring (bicyclic) bond motifs is 1. The molecule has 1 heterocycles. The Morgan fingerprint density at radius 2 is 1.72 bits per heavy atom. The van der Waals surface area contributed by atoms with E-state index in [1.165, 1.54) is 4.41 Å². The van der Waals surface area contributed by atoms with Crippen molar-refractivity contribution in [3.63, 3.8) is 0 Å². The summed E-state index contributed by atoms with van der Waals surface area (Å²) < 4.78 is 22.8. The maximum absolute atomic E-state index is 11.8. The molecule has 0 aliphatic carbocycles. The van der Waals surface area contributed by atoms with E-state index in [9.17, 15) is 18.8 Å². The number of hydrogen-bond acceptors (Lipinski definition) is 5. The van der Waals surface area contributed by atoms with Gasteiger partial charge in [0.1, 0.15) is 0 Å². The van der Waals surface area contributed by atoms with E-state index in [0.29, 0.717) is 31.7 Å². The number of aliphatic carboxylic acids is 1. The Morgan fingerprint density at radius 1 is 1.06 bits per heavy atom. The molecule has 2 unspecified atom stereocenters. The summed E-state index contributed by atoms with van der Waals surface area (Å²) in [6.07, 6.45) is -0.216. The summed E-state index contributed by atoms with van der Waals surface area (Å²) in [5.74, 6) is 5.32. The first-order valence-corrected chi connectivity index (χ1v) is 12.6. The van der Waals surface area contributed by atoms with Crippen molar-refractivity contribution in [2.45, 2.75) is 19.4 Å². The van der Waals surface area contributed by atoms with Crippen molar-refractivity contribution in [2.24, 2.45) is 0 Å². The summed E-state index contributed by atoms with van der Waals surface area (Å²) in [6.45, 7) is 3.90. The molecule has 1 aliphatic heterocycles. The van der Waals surface area contributed by atoms with Crippen LogP contribution in [0.2, 0.25) is 0 Å². The second-order valence-corrected chi connectivity index (χ2v) is 9.41. The van der Waals surface area contributed by atoms with Crippen LogP contribution in [-0.2, 0) is 16.1 Å². The quantitative estimate of drug-likeness (QED) is 0.393. The van der Waals surface area contributed by atoms with Crippen LogP contribution >= 0.6 is 0 Å². The number of carboxylic acids is 1. The van der Waals surface area contributed by atoms with Crippen LogP contribution in [0, 0.1) is 23.2 Å². The van der Waals surface area contributed by atoms with Crippen LogP contribution in [0.3, 0.4) is 0 Å². The van der Waals surface area contributed by atoms with Gasteiger partial charge in [-0.15, -0.1) is 4.41 Å². The molecule has 184 valence electrons. The number of carboxylic acid groups (broad SMARTS) is 1. The van der Waals surface area contributed by atoms with Crippen molar-refractivity contribution in [3.8, 4) is 17.9 Å². The van der Waals surface area contributed by atoms with Gasteiger partial charge in [0.2, 0.25) is 11.3 Å². The SMILES string of the molecule is CC(CC(=O)O)N(N1CCN(c2ccc(C#Cc3cc(C#N)c4ccccc4c3)cc2)CC1)S(=O)O. The number of carbonyl (C=O) groups is 1. The lowest BCUT2D eigenvalue weighted by molar-refractivity contribution is -0.139. The lowest BCUT2D eigenvalue weighted by Crippen LogP contribution is -2.57. The molecule has 1 saturated heterocycles. The first kappa shape index (κ1) is 25.4. The van der Waals surface area contributed by atoms with Crippen LogP contribution in [0.15, 0.2) is 60.7 Å². The van der Waals surface area contributed by atoms with Gasteiger partial charge in [0.25, 0.3) is 0 Å². The average Bonchev–Trinajstić information content (AvgIpc) is 2.87. The average molecular weight is 503 g/mol. The molecule has 0 spiro atoms. The lowest BCUT2D eigenvalue weighted by atomic mass is 10.0. The van der Waals surface area contributed by atoms with Crippen LogP contribution in [-0.4, -0.2) is 61.5 Å². The predicted molar refractivity (Wildman–Crippen MR) is 139 cm³/mol. The number of rotatable bonds is 6. The van der Waals surface area contributed by atoms with Gasteiger partial charge in [-0.2, -0.15) is 5.26 Å². The number of nitriles is 1. The highest BCUT2D eigenvalue weighted by Gasteiger charge is 2.30. The van der Waals surface area contributed by atoms with Crippen LogP contribution in [0.5, 0.6) is 0 Å². The van der Waals surface area contributed by atoms with E-state index in [-0.39, 0.29) is 6.42 Å². The first-order chi connectivity index (χ1) is 17.4.